The molecule has 0 aliphatic carbocycles. The lowest BCUT2D eigenvalue weighted by Gasteiger charge is -2.15. The van der Waals surface area contributed by atoms with Gasteiger partial charge in [-0.15, -0.1) is 0 Å². The maximum atomic E-state index is 12.1. The summed E-state index contributed by atoms with van der Waals surface area (Å²) in [4.78, 5) is 24.2. The summed E-state index contributed by atoms with van der Waals surface area (Å²) < 4.78 is 10.5. The van der Waals surface area contributed by atoms with Gasteiger partial charge in [0, 0.05) is 12.8 Å². The zero-order valence-corrected chi connectivity index (χ0v) is 29.1. The van der Waals surface area contributed by atoms with E-state index < -0.39 is 12.2 Å². The summed E-state index contributed by atoms with van der Waals surface area (Å²) in [5, 5.41) is 19.5. The van der Waals surface area contributed by atoms with Crippen molar-refractivity contribution in [3.63, 3.8) is 0 Å². The average Bonchev–Trinajstić information content (AvgIpc) is 3.02. The molecule has 0 heterocycles. The van der Waals surface area contributed by atoms with Gasteiger partial charge in [0.05, 0.1) is 12.7 Å². The minimum atomic E-state index is -0.819. The Labute approximate surface area is 276 Å². The third-order valence-corrected chi connectivity index (χ3v) is 7.63. The van der Waals surface area contributed by atoms with Crippen LogP contribution in [0.25, 0.3) is 0 Å². The number of hydrogen-bond acceptors (Lipinski definition) is 6. The summed E-state index contributed by atoms with van der Waals surface area (Å²) in [5.41, 5.74) is 0. The number of aliphatic hydroxyl groups is 2. The van der Waals surface area contributed by atoms with E-state index in [1.54, 1.807) is 6.08 Å². The fraction of sp³-hybridized carbons (Fsp3) is 0.744. The maximum Gasteiger partial charge on any atom is 0.306 e. The van der Waals surface area contributed by atoms with E-state index in [0.29, 0.717) is 25.7 Å². The van der Waals surface area contributed by atoms with Gasteiger partial charge in [-0.25, -0.2) is 0 Å². The molecule has 0 fully saturated rings. The van der Waals surface area contributed by atoms with E-state index in [1.165, 1.54) is 70.6 Å². The van der Waals surface area contributed by atoms with Crippen molar-refractivity contribution in [1.82, 2.24) is 0 Å². The van der Waals surface area contributed by atoms with E-state index in [0.717, 1.165) is 38.0 Å². The Hall–Kier alpha value is -2.18. The van der Waals surface area contributed by atoms with Crippen LogP contribution in [-0.4, -0.2) is 47.6 Å². The second-order valence-electron chi connectivity index (χ2n) is 12.6. The zero-order valence-electron chi connectivity index (χ0n) is 29.1. The highest BCUT2D eigenvalue weighted by molar-refractivity contribution is 5.70. The molecule has 2 N–H and O–H groups in total. The molecule has 0 radical (unpaired) electrons. The topological polar surface area (TPSA) is 93.1 Å². The molecule has 0 saturated carbocycles. The summed E-state index contributed by atoms with van der Waals surface area (Å²) in [7, 11) is 0. The molecule has 0 bridgehead atoms. The summed E-state index contributed by atoms with van der Waals surface area (Å²) in [6.07, 6.45) is 36.3. The number of carbonyl (C=O) groups is 2. The fourth-order valence-electron chi connectivity index (χ4n) is 4.81. The molecule has 0 aliphatic heterocycles. The van der Waals surface area contributed by atoms with Crippen LogP contribution in [0.4, 0.5) is 0 Å². The Morgan fingerprint density at radius 1 is 0.689 bits per heavy atom. The Balaban J connectivity index is 3.79. The summed E-state index contributed by atoms with van der Waals surface area (Å²) in [6.45, 7) is 6.29. The van der Waals surface area contributed by atoms with E-state index in [1.807, 2.05) is 24.3 Å². The van der Waals surface area contributed by atoms with Crippen LogP contribution in [-0.2, 0) is 19.1 Å². The lowest BCUT2D eigenvalue weighted by molar-refractivity contribution is -0.161. The minimum Gasteiger partial charge on any atom is -0.462 e. The van der Waals surface area contributed by atoms with Gasteiger partial charge < -0.3 is 19.7 Å². The van der Waals surface area contributed by atoms with Gasteiger partial charge in [-0.2, -0.15) is 0 Å². The van der Waals surface area contributed by atoms with Gasteiger partial charge in [0.15, 0.2) is 6.10 Å². The Bertz CT molecular complexity index is 797. The van der Waals surface area contributed by atoms with Crippen LogP contribution in [0.2, 0.25) is 0 Å². The number of hydrogen-bond donors (Lipinski definition) is 2. The third kappa shape index (κ3) is 33.0. The molecule has 0 aliphatic rings. The molecule has 260 valence electrons. The highest BCUT2D eigenvalue weighted by atomic mass is 16.6. The first-order chi connectivity index (χ1) is 21.9. The first-order valence-electron chi connectivity index (χ1n) is 18.2. The SMILES string of the molecule is CCCCC/C=C\C/C=C\CC(O)/C=C\C=C\CCCC(=O)OC[C@H](CO)OC(=O)CCCCCCCCCCCCC(C)C. The molecule has 6 heteroatoms. The minimum absolute atomic E-state index is 0.126. The second kappa shape index (κ2) is 33.2. The number of rotatable bonds is 31. The predicted octanol–water partition coefficient (Wildman–Crippen LogP) is 9.89. The highest BCUT2D eigenvalue weighted by Gasteiger charge is 2.16. The first-order valence-corrected chi connectivity index (χ1v) is 18.2. The second-order valence-corrected chi connectivity index (χ2v) is 12.6. The van der Waals surface area contributed by atoms with E-state index in [2.05, 4.69) is 39.0 Å². The third-order valence-electron chi connectivity index (χ3n) is 7.63. The molecule has 0 amide bonds. The van der Waals surface area contributed by atoms with Crippen LogP contribution in [0.5, 0.6) is 0 Å². The zero-order chi connectivity index (χ0) is 33.2. The smallest absolute Gasteiger partial charge is 0.306 e. The van der Waals surface area contributed by atoms with Crippen molar-refractivity contribution in [1.29, 1.82) is 0 Å². The van der Waals surface area contributed by atoms with Crippen molar-refractivity contribution < 1.29 is 29.3 Å². The number of ether oxygens (including phenoxy) is 2. The van der Waals surface area contributed by atoms with Gasteiger partial charge in [-0.05, 0) is 50.9 Å². The number of unbranched alkanes of at least 4 members (excludes halogenated alkanes) is 13. The largest absolute Gasteiger partial charge is 0.462 e. The molecule has 0 aromatic carbocycles. The summed E-state index contributed by atoms with van der Waals surface area (Å²) >= 11 is 0. The van der Waals surface area contributed by atoms with Crippen LogP contribution < -0.4 is 0 Å². The van der Waals surface area contributed by atoms with Crippen molar-refractivity contribution >= 4 is 11.9 Å². The number of esters is 2. The van der Waals surface area contributed by atoms with Crippen LogP contribution in [0.1, 0.15) is 156 Å². The molecule has 0 rings (SSSR count). The Kier molecular flexibility index (Phi) is 31.6. The molecule has 0 aromatic rings. The molecule has 6 nitrogen and oxygen atoms in total. The first kappa shape index (κ1) is 42.8. The molecule has 0 aromatic heterocycles. The predicted molar refractivity (Wildman–Crippen MR) is 188 cm³/mol. The van der Waals surface area contributed by atoms with Gasteiger partial charge in [0.2, 0.25) is 0 Å². The standard InChI is InChI=1S/C39H68O6/c1-4-5-6-7-8-11-15-19-24-29-36(41)30-25-20-17-22-26-31-38(42)44-34-37(33-40)45-39(43)32-27-21-16-13-10-9-12-14-18-23-28-35(2)3/h8,11,17,19-20,24-25,30,35-37,40-41H,4-7,9-10,12-16,18,21-23,26-29,31-34H2,1-3H3/b11-8-,20-17+,24-19-,30-25-/t36?,37-/m0/s1. The number of carbonyl (C=O) groups excluding carboxylic acids is 2. The van der Waals surface area contributed by atoms with E-state index in [4.69, 9.17) is 9.47 Å². The van der Waals surface area contributed by atoms with Crippen molar-refractivity contribution in [3.05, 3.63) is 48.6 Å². The van der Waals surface area contributed by atoms with E-state index >= 15 is 0 Å². The molecule has 2 atom stereocenters. The van der Waals surface area contributed by atoms with Gasteiger partial charge >= 0.3 is 11.9 Å². The van der Waals surface area contributed by atoms with Crippen LogP contribution >= 0.6 is 0 Å². The van der Waals surface area contributed by atoms with Crippen molar-refractivity contribution in [2.24, 2.45) is 5.92 Å². The van der Waals surface area contributed by atoms with Gasteiger partial charge in [0.1, 0.15) is 6.61 Å². The molecule has 1 unspecified atom stereocenters. The van der Waals surface area contributed by atoms with Crippen LogP contribution in [0, 0.1) is 5.92 Å². The Morgan fingerprint density at radius 3 is 1.98 bits per heavy atom. The number of allylic oxidation sites excluding steroid dienone is 6. The molecule has 45 heavy (non-hydrogen) atoms. The molecule has 0 spiro atoms. The van der Waals surface area contributed by atoms with Gasteiger partial charge in [0.25, 0.3) is 0 Å². The summed E-state index contributed by atoms with van der Waals surface area (Å²) in [6, 6.07) is 0. The average molecular weight is 633 g/mol. The molecular weight excluding hydrogens is 564 g/mol. The van der Waals surface area contributed by atoms with Crippen LogP contribution in [0.3, 0.4) is 0 Å². The summed E-state index contributed by atoms with van der Waals surface area (Å²) in [5.74, 6) is 0.0913. The van der Waals surface area contributed by atoms with Crippen molar-refractivity contribution in [2.75, 3.05) is 13.2 Å². The fourth-order valence-corrected chi connectivity index (χ4v) is 4.81. The highest BCUT2D eigenvalue weighted by Crippen LogP contribution is 2.14. The van der Waals surface area contributed by atoms with Crippen molar-refractivity contribution in [2.45, 2.75) is 168 Å². The number of aliphatic hydroxyl groups excluding tert-OH is 2. The van der Waals surface area contributed by atoms with Crippen molar-refractivity contribution in [3.8, 4) is 0 Å². The monoisotopic (exact) mass is 633 g/mol. The normalized spacial score (nSPS) is 13.6. The van der Waals surface area contributed by atoms with E-state index in [-0.39, 0.29) is 31.6 Å². The molecular formula is C39H68O6. The van der Waals surface area contributed by atoms with E-state index in [9.17, 15) is 19.8 Å². The maximum absolute atomic E-state index is 12.1. The lowest BCUT2D eigenvalue weighted by atomic mass is 10.0. The van der Waals surface area contributed by atoms with Crippen LogP contribution in [0.15, 0.2) is 48.6 Å². The lowest BCUT2D eigenvalue weighted by Crippen LogP contribution is -2.28. The van der Waals surface area contributed by atoms with Gasteiger partial charge in [-0.3, -0.25) is 9.59 Å². The molecule has 0 saturated heterocycles. The quantitative estimate of drug-likeness (QED) is 0.0342. The Morgan fingerprint density at radius 2 is 1.31 bits per heavy atom. The van der Waals surface area contributed by atoms with Gasteiger partial charge in [-0.1, -0.05) is 146 Å².